The third-order valence-corrected chi connectivity index (χ3v) is 3.35. The normalized spacial score (nSPS) is 21.1. The van der Waals surface area contributed by atoms with Gasteiger partial charge in [0.15, 0.2) is 0 Å². The Balaban J connectivity index is 2.02. The van der Waals surface area contributed by atoms with E-state index < -0.39 is 5.60 Å². The Kier molecular flexibility index (Phi) is 2.32. The molecule has 0 bridgehead atoms. The van der Waals surface area contributed by atoms with E-state index in [1.807, 2.05) is 6.92 Å². The van der Waals surface area contributed by atoms with Gasteiger partial charge < -0.3 is 15.7 Å². The number of hydrogen-bond acceptors (Lipinski definition) is 6. The maximum absolute atomic E-state index is 9.76. The van der Waals surface area contributed by atoms with E-state index in [-0.39, 0.29) is 0 Å². The predicted molar refractivity (Wildman–Crippen MR) is 56.4 cm³/mol. The Morgan fingerprint density at radius 2 is 2.07 bits per heavy atom. The minimum atomic E-state index is -0.521. The van der Waals surface area contributed by atoms with Crippen molar-refractivity contribution in [2.24, 2.45) is 0 Å². The number of anilines is 2. The minimum absolute atomic E-state index is 0.498. The summed E-state index contributed by atoms with van der Waals surface area (Å²) >= 11 is 1.39. The second-order valence-corrected chi connectivity index (χ2v) is 4.89. The Labute approximate surface area is 86.6 Å². The first kappa shape index (κ1) is 9.67. The first-order valence-corrected chi connectivity index (χ1v) is 5.45. The lowest BCUT2D eigenvalue weighted by molar-refractivity contribution is 0.0351. The van der Waals surface area contributed by atoms with Crippen LogP contribution in [0.1, 0.15) is 19.8 Å². The molecule has 0 saturated carbocycles. The molecule has 14 heavy (non-hydrogen) atoms. The summed E-state index contributed by atoms with van der Waals surface area (Å²) in [6.45, 7) is 3.52. The van der Waals surface area contributed by atoms with Gasteiger partial charge in [-0.1, -0.05) is 11.3 Å². The topological polar surface area (TPSA) is 75.3 Å². The van der Waals surface area contributed by atoms with Crippen LogP contribution in [0.2, 0.25) is 0 Å². The van der Waals surface area contributed by atoms with Gasteiger partial charge in [0, 0.05) is 13.1 Å². The molecule has 5 nitrogen and oxygen atoms in total. The Bertz CT molecular complexity index is 315. The largest absolute Gasteiger partial charge is 0.390 e. The Morgan fingerprint density at radius 1 is 1.43 bits per heavy atom. The van der Waals surface area contributed by atoms with Gasteiger partial charge in [-0.15, -0.1) is 10.2 Å². The van der Waals surface area contributed by atoms with E-state index >= 15 is 0 Å². The third kappa shape index (κ3) is 1.96. The molecule has 1 aromatic heterocycles. The number of aliphatic hydroxyl groups is 1. The molecule has 1 fully saturated rings. The maximum Gasteiger partial charge on any atom is 0.209 e. The first-order valence-electron chi connectivity index (χ1n) is 4.63. The van der Waals surface area contributed by atoms with Crippen LogP contribution < -0.4 is 10.6 Å². The van der Waals surface area contributed by atoms with Crippen molar-refractivity contribution < 1.29 is 5.11 Å². The third-order valence-electron chi connectivity index (χ3n) is 2.54. The van der Waals surface area contributed by atoms with Crippen LogP contribution >= 0.6 is 11.3 Å². The van der Waals surface area contributed by atoms with Crippen LogP contribution in [0.3, 0.4) is 0 Å². The fourth-order valence-corrected chi connectivity index (χ4v) is 2.20. The molecular formula is C8H14N4OS. The SMILES string of the molecule is CC1(O)CCN(c2nnc(N)s2)CC1. The van der Waals surface area contributed by atoms with E-state index in [0.29, 0.717) is 5.13 Å². The van der Waals surface area contributed by atoms with E-state index in [2.05, 4.69) is 15.1 Å². The van der Waals surface area contributed by atoms with Crippen LogP contribution in [-0.4, -0.2) is 34.0 Å². The number of nitrogens with zero attached hydrogens (tertiary/aromatic N) is 3. The van der Waals surface area contributed by atoms with Gasteiger partial charge in [0.2, 0.25) is 10.3 Å². The highest BCUT2D eigenvalue weighted by atomic mass is 32.1. The molecule has 3 N–H and O–H groups in total. The van der Waals surface area contributed by atoms with Crippen molar-refractivity contribution in [3.63, 3.8) is 0 Å². The average Bonchev–Trinajstić information content (AvgIpc) is 2.52. The number of nitrogens with two attached hydrogens (primary N) is 1. The molecule has 0 amide bonds. The van der Waals surface area contributed by atoms with Gasteiger partial charge in [-0.2, -0.15) is 0 Å². The van der Waals surface area contributed by atoms with Gasteiger partial charge in [-0.25, -0.2) is 0 Å². The summed E-state index contributed by atoms with van der Waals surface area (Å²) in [7, 11) is 0. The molecule has 1 saturated heterocycles. The van der Waals surface area contributed by atoms with Crippen LogP contribution in [0.15, 0.2) is 0 Å². The average molecular weight is 214 g/mol. The number of hydrogen-bond donors (Lipinski definition) is 2. The number of nitrogen functional groups attached to an aromatic ring is 1. The standard InChI is InChI=1S/C8H14N4OS/c1-8(13)2-4-12(5-3-8)7-11-10-6(9)14-7/h13H,2-5H2,1H3,(H2,9,10). The second kappa shape index (κ2) is 3.36. The van der Waals surface area contributed by atoms with E-state index in [1.165, 1.54) is 11.3 Å². The highest BCUT2D eigenvalue weighted by molar-refractivity contribution is 7.18. The molecule has 0 atom stereocenters. The smallest absolute Gasteiger partial charge is 0.209 e. The Morgan fingerprint density at radius 3 is 2.57 bits per heavy atom. The van der Waals surface area contributed by atoms with Crippen molar-refractivity contribution in [2.45, 2.75) is 25.4 Å². The van der Waals surface area contributed by atoms with Gasteiger partial charge in [0.25, 0.3) is 0 Å². The van der Waals surface area contributed by atoms with Gasteiger partial charge in [0.05, 0.1) is 5.60 Å². The van der Waals surface area contributed by atoms with E-state index in [9.17, 15) is 5.11 Å². The second-order valence-electron chi connectivity index (χ2n) is 3.91. The van der Waals surface area contributed by atoms with Crippen molar-refractivity contribution in [3.8, 4) is 0 Å². The lowest BCUT2D eigenvalue weighted by Crippen LogP contribution is -2.42. The Hall–Kier alpha value is -0.880. The highest BCUT2D eigenvalue weighted by Gasteiger charge is 2.28. The summed E-state index contributed by atoms with van der Waals surface area (Å²) in [5.41, 5.74) is 4.99. The van der Waals surface area contributed by atoms with E-state index in [1.54, 1.807) is 0 Å². The molecule has 0 aliphatic carbocycles. The lowest BCUT2D eigenvalue weighted by Gasteiger charge is -2.35. The van der Waals surface area contributed by atoms with Crippen molar-refractivity contribution >= 4 is 21.6 Å². The molecular weight excluding hydrogens is 200 g/mol. The zero-order chi connectivity index (χ0) is 10.2. The van der Waals surface area contributed by atoms with Crippen LogP contribution in [0.4, 0.5) is 10.3 Å². The molecule has 1 aliphatic heterocycles. The van der Waals surface area contributed by atoms with Crippen LogP contribution in [0.25, 0.3) is 0 Å². The molecule has 0 spiro atoms. The summed E-state index contributed by atoms with van der Waals surface area (Å²) in [4.78, 5) is 2.12. The van der Waals surface area contributed by atoms with Gasteiger partial charge in [-0.3, -0.25) is 0 Å². The van der Waals surface area contributed by atoms with Crippen LogP contribution in [0.5, 0.6) is 0 Å². The molecule has 6 heteroatoms. The summed E-state index contributed by atoms with van der Waals surface area (Å²) in [5, 5.41) is 18.9. The molecule has 0 radical (unpaired) electrons. The van der Waals surface area contributed by atoms with Gasteiger partial charge in [-0.05, 0) is 19.8 Å². The lowest BCUT2D eigenvalue weighted by atomic mass is 9.94. The van der Waals surface area contributed by atoms with Crippen molar-refractivity contribution in [1.29, 1.82) is 0 Å². The molecule has 1 aromatic rings. The predicted octanol–water partition coefficient (Wildman–Crippen LogP) is 0.472. The molecule has 1 aliphatic rings. The fourth-order valence-electron chi connectivity index (χ4n) is 1.53. The van der Waals surface area contributed by atoms with Gasteiger partial charge in [0.1, 0.15) is 0 Å². The van der Waals surface area contributed by atoms with Crippen molar-refractivity contribution in [3.05, 3.63) is 0 Å². The number of aromatic nitrogens is 2. The molecule has 0 unspecified atom stereocenters. The monoisotopic (exact) mass is 214 g/mol. The van der Waals surface area contributed by atoms with Crippen molar-refractivity contribution in [2.75, 3.05) is 23.7 Å². The van der Waals surface area contributed by atoms with E-state index in [0.717, 1.165) is 31.1 Å². The quantitative estimate of drug-likeness (QED) is 0.711. The zero-order valence-electron chi connectivity index (χ0n) is 8.10. The summed E-state index contributed by atoms with van der Waals surface area (Å²) in [6, 6.07) is 0. The zero-order valence-corrected chi connectivity index (χ0v) is 8.92. The number of piperidine rings is 1. The minimum Gasteiger partial charge on any atom is -0.390 e. The molecule has 78 valence electrons. The van der Waals surface area contributed by atoms with Crippen molar-refractivity contribution in [1.82, 2.24) is 10.2 Å². The molecule has 2 heterocycles. The fraction of sp³-hybridized carbons (Fsp3) is 0.750. The van der Waals surface area contributed by atoms with Gasteiger partial charge >= 0.3 is 0 Å². The van der Waals surface area contributed by atoms with Crippen LogP contribution in [-0.2, 0) is 0 Å². The number of rotatable bonds is 1. The van der Waals surface area contributed by atoms with Crippen LogP contribution in [0, 0.1) is 0 Å². The summed E-state index contributed by atoms with van der Waals surface area (Å²) in [5.74, 6) is 0. The molecule has 0 aromatic carbocycles. The summed E-state index contributed by atoms with van der Waals surface area (Å²) < 4.78 is 0. The maximum atomic E-state index is 9.76. The molecule has 2 rings (SSSR count). The first-order chi connectivity index (χ1) is 6.57. The van der Waals surface area contributed by atoms with E-state index in [4.69, 9.17) is 5.73 Å². The summed E-state index contributed by atoms with van der Waals surface area (Å²) in [6.07, 6.45) is 1.54. The highest BCUT2D eigenvalue weighted by Crippen LogP contribution is 2.28.